The van der Waals surface area contributed by atoms with E-state index in [4.69, 9.17) is 11.6 Å². The molecule has 0 aliphatic rings. The van der Waals surface area contributed by atoms with Crippen LogP contribution in [0.2, 0.25) is 5.02 Å². The molecule has 0 N–H and O–H groups in total. The maximum absolute atomic E-state index is 5.92. The number of halogens is 1. The van der Waals surface area contributed by atoms with E-state index in [1.54, 1.807) is 0 Å². The molecular weight excluding hydrogens is 216 g/mol. The zero-order chi connectivity index (χ0) is 12.1. The quantitative estimate of drug-likeness (QED) is 0.599. The fraction of sp³-hybridized carbons (Fsp3) is 0.333. The molecule has 0 unspecified atom stereocenters. The molecule has 0 spiro atoms. The first-order chi connectivity index (χ1) is 7.66. The summed E-state index contributed by atoms with van der Waals surface area (Å²) >= 11 is 5.92. The normalized spacial score (nSPS) is 10.1. The Hall–Kier alpha value is -1.01. The molecular formula is C15H19Cl. The number of rotatable bonds is 1. The Labute approximate surface area is 103 Å². The van der Waals surface area contributed by atoms with E-state index in [9.17, 15) is 0 Å². The van der Waals surface area contributed by atoms with Crippen molar-refractivity contribution in [2.45, 2.75) is 33.6 Å². The highest BCUT2D eigenvalue weighted by Crippen LogP contribution is 2.23. The molecule has 0 atom stereocenters. The summed E-state index contributed by atoms with van der Waals surface area (Å²) in [7, 11) is 0. The van der Waals surface area contributed by atoms with Crippen molar-refractivity contribution in [1.29, 1.82) is 0 Å². The molecule has 2 aromatic carbocycles. The van der Waals surface area contributed by atoms with Crippen LogP contribution in [-0.2, 0) is 0 Å². The van der Waals surface area contributed by atoms with E-state index in [1.165, 1.54) is 16.3 Å². The lowest BCUT2D eigenvalue weighted by atomic mass is 9.99. The van der Waals surface area contributed by atoms with Crippen LogP contribution in [0.4, 0.5) is 0 Å². The SMILES string of the molecule is CC.CC(C)c1ccc2cc(Cl)ccc2c1. The fourth-order valence-corrected chi connectivity index (χ4v) is 1.77. The summed E-state index contributed by atoms with van der Waals surface area (Å²) in [5.74, 6) is 0.579. The molecule has 16 heavy (non-hydrogen) atoms. The lowest BCUT2D eigenvalue weighted by molar-refractivity contribution is 0.869. The van der Waals surface area contributed by atoms with Crippen molar-refractivity contribution in [2.75, 3.05) is 0 Å². The first-order valence-electron chi connectivity index (χ1n) is 5.86. The molecule has 0 aromatic heterocycles. The Morgan fingerprint density at radius 2 is 1.44 bits per heavy atom. The minimum Gasteiger partial charge on any atom is -0.0843 e. The highest BCUT2D eigenvalue weighted by molar-refractivity contribution is 6.31. The Balaban J connectivity index is 0.000000606. The smallest absolute Gasteiger partial charge is 0.0412 e. The van der Waals surface area contributed by atoms with Gasteiger partial charge in [-0.25, -0.2) is 0 Å². The molecule has 2 aromatic rings. The van der Waals surface area contributed by atoms with Crippen molar-refractivity contribution in [2.24, 2.45) is 0 Å². The van der Waals surface area contributed by atoms with Crippen molar-refractivity contribution < 1.29 is 0 Å². The van der Waals surface area contributed by atoms with Gasteiger partial charge in [-0.15, -0.1) is 0 Å². The number of fused-ring (bicyclic) bond motifs is 1. The van der Waals surface area contributed by atoms with E-state index in [1.807, 2.05) is 26.0 Å². The molecule has 0 heterocycles. The summed E-state index contributed by atoms with van der Waals surface area (Å²) in [6.45, 7) is 8.41. The van der Waals surface area contributed by atoms with Crippen LogP contribution in [0.3, 0.4) is 0 Å². The number of hydrogen-bond acceptors (Lipinski definition) is 0. The molecule has 0 aliphatic heterocycles. The molecule has 0 radical (unpaired) electrons. The summed E-state index contributed by atoms with van der Waals surface area (Å²) in [4.78, 5) is 0. The highest BCUT2D eigenvalue weighted by Gasteiger charge is 2.00. The Bertz CT molecular complexity index is 458. The standard InChI is InChI=1S/C13H13Cl.C2H6/c1-9(2)10-3-4-12-8-13(14)6-5-11(12)7-10;1-2/h3-9H,1-2H3;1-2H3. The first kappa shape index (κ1) is 13.1. The van der Waals surface area contributed by atoms with Crippen molar-refractivity contribution >= 4 is 22.4 Å². The monoisotopic (exact) mass is 234 g/mol. The van der Waals surface area contributed by atoms with E-state index in [0.717, 1.165) is 5.02 Å². The van der Waals surface area contributed by atoms with Gasteiger partial charge >= 0.3 is 0 Å². The van der Waals surface area contributed by atoms with Gasteiger partial charge in [-0.2, -0.15) is 0 Å². The van der Waals surface area contributed by atoms with Crippen LogP contribution in [0.1, 0.15) is 39.2 Å². The zero-order valence-corrected chi connectivity index (χ0v) is 11.2. The largest absolute Gasteiger partial charge is 0.0843 e. The minimum absolute atomic E-state index is 0.579. The maximum atomic E-state index is 5.92. The van der Waals surface area contributed by atoms with Crippen LogP contribution in [0.25, 0.3) is 10.8 Å². The maximum Gasteiger partial charge on any atom is 0.0412 e. The minimum atomic E-state index is 0.579. The van der Waals surface area contributed by atoms with E-state index < -0.39 is 0 Å². The van der Waals surface area contributed by atoms with Crippen LogP contribution in [0, 0.1) is 0 Å². The average Bonchev–Trinajstić information content (AvgIpc) is 2.30. The van der Waals surface area contributed by atoms with E-state index in [0.29, 0.717) is 5.92 Å². The van der Waals surface area contributed by atoms with Gasteiger partial charge in [0.15, 0.2) is 0 Å². The van der Waals surface area contributed by atoms with Gasteiger partial charge in [0.1, 0.15) is 0 Å². The van der Waals surface area contributed by atoms with E-state index in [2.05, 4.69) is 38.1 Å². The highest BCUT2D eigenvalue weighted by atomic mass is 35.5. The average molecular weight is 235 g/mol. The molecule has 0 saturated heterocycles. The molecule has 2 rings (SSSR count). The lowest BCUT2D eigenvalue weighted by Crippen LogP contribution is -1.86. The van der Waals surface area contributed by atoms with Crippen molar-refractivity contribution in [3.05, 3.63) is 47.0 Å². The van der Waals surface area contributed by atoms with Gasteiger partial charge in [0.25, 0.3) is 0 Å². The second kappa shape index (κ2) is 5.91. The second-order valence-corrected chi connectivity index (χ2v) is 4.34. The summed E-state index contributed by atoms with van der Waals surface area (Å²) in [5.41, 5.74) is 1.37. The molecule has 0 bridgehead atoms. The Kier molecular flexibility index (Phi) is 4.82. The van der Waals surface area contributed by atoms with Crippen LogP contribution >= 0.6 is 11.6 Å². The van der Waals surface area contributed by atoms with Crippen LogP contribution < -0.4 is 0 Å². The second-order valence-electron chi connectivity index (χ2n) is 3.91. The van der Waals surface area contributed by atoms with Gasteiger partial charge in [-0.05, 0) is 34.4 Å². The first-order valence-corrected chi connectivity index (χ1v) is 6.24. The molecule has 0 amide bonds. The summed E-state index contributed by atoms with van der Waals surface area (Å²) in [6, 6.07) is 12.6. The Morgan fingerprint density at radius 1 is 0.875 bits per heavy atom. The van der Waals surface area contributed by atoms with Gasteiger partial charge in [0.05, 0.1) is 0 Å². The molecule has 0 fully saturated rings. The fourth-order valence-electron chi connectivity index (χ4n) is 1.59. The molecule has 86 valence electrons. The molecule has 1 heteroatoms. The number of hydrogen-bond donors (Lipinski definition) is 0. The van der Waals surface area contributed by atoms with E-state index >= 15 is 0 Å². The van der Waals surface area contributed by atoms with Gasteiger partial charge in [-0.3, -0.25) is 0 Å². The van der Waals surface area contributed by atoms with Crippen LogP contribution in [-0.4, -0.2) is 0 Å². The summed E-state index contributed by atoms with van der Waals surface area (Å²) < 4.78 is 0. The predicted octanol–water partition coefficient (Wildman–Crippen LogP) is 5.64. The molecule has 0 saturated carbocycles. The molecule has 0 nitrogen and oxygen atoms in total. The van der Waals surface area contributed by atoms with Crippen molar-refractivity contribution in [3.8, 4) is 0 Å². The van der Waals surface area contributed by atoms with Gasteiger partial charge in [0, 0.05) is 5.02 Å². The van der Waals surface area contributed by atoms with Gasteiger partial charge in [0.2, 0.25) is 0 Å². The summed E-state index contributed by atoms with van der Waals surface area (Å²) in [6.07, 6.45) is 0. The topological polar surface area (TPSA) is 0 Å². The third kappa shape index (κ3) is 2.99. The third-order valence-electron chi connectivity index (χ3n) is 2.49. The van der Waals surface area contributed by atoms with Crippen LogP contribution in [0.15, 0.2) is 36.4 Å². The summed E-state index contributed by atoms with van der Waals surface area (Å²) in [5, 5.41) is 3.28. The van der Waals surface area contributed by atoms with Crippen molar-refractivity contribution in [3.63, 3.8) is 0 Å². The van der Waals surface area contributed by atoms with Gasteiger partial charge < -0.3 is 0 Å². The number of benzene rings is 2. The van der Waals surface area contributed by atoms with Gasteiger partial charge in [-0.1, -0.05) is 63.6 Å². The predicted molar refractivity (Wildman–Crippen MR) is 74.4 cm³/mol. The zero-order valence-electron chi connectivity index (χ0n) is 10.4. The van der Waals surface area contributed by atoms with Crippen LogP contribution in [0.5, 0.6) is 0 Å². The molecule has 0 aliphatic carbocycles. The third-order valence-corrected chi connectivity index (χ3v) is 2.73. The lowest BCUT2D eigenvalue weighted by Gasteiger charge is -2.06. The van der Waals surface area contributed by atoms with Crippen molar-refractivity contribution in [1.82, 2.24) is 0 Å². The Morgan fingerprint density at radius 3 is 2.06 bits per heavy atom. The van der Waals surface area contributed by atoms with E-state index in [-0.39, 0.29) is 0 Å².